The van der Waals surface area contributed by atoms with Crippen LogP contribution in [0.2, 0.25) is 0 Å². The first kappa shape index (κ1) is 17.2. The van der Waals surface area contributed by atoms with Gasteiger partial charge in [0.1, 0.15) is 5.76 Å². The van der Waals surface area contributed by atoms with E-state index in [1.807, 2.05) is 30.3 Å². The van der Waals surface area contributed by atoms with Crippen LogP contribution < -0.4 is 5.32 Å². The first-order chi connectivity index (χ1) is 12.1. The van der Waals surface area contributed by atoms with E-state index >= 15 is 0 Å². The number of para-hydroxylation sites is 1. The Hall–Kier alpha value is -2.67. The Bertz CT molecular complexity index is 729. The molecule has 1 aliphatic rings. The summed E-state index contributed by atoms with van der Waals surface area (Å²) < 4.78 is 4.98. The molecular weight excluding hydrogens is 320 g/mol. The monoisotopic (exact) mass is 342 g/mol. The number of hydrogen-bond donors (Lipinski definition) is 1. The SMILES string of the molecule is Cc1cc(C(=O)N2CCCN(CC(=O)Nc3ccccc3)CC2)no1. The van der Waals surface area contributed by atoms with Crippen molar-refractivity contribution in [2.45, 2.75) is 13.3 Å². The molecule has 0 unspecified atom stereocenters. The zero-order valence-electron chi connectivity index (χ0n) is 14.3. The van der Waals surface area contributed by atoms with Crippen LogP contribution in [0.25, 0.3) is 0 Å². The molecule has 1 aromatic heterocycles. The van der Waals surface area contributed by atoms with E-state index in [0.717, 1.165) is 18.7 Å². The molecule has 0 spiro atoms. The van der Waals surface area contributed by atoms with E-state index in [2.05, 4.69) is 15.4 Å². The van der Waals surface area contributed by atoms with Gasteiger partial charge in [-0.3, -0.25) is 14.5 Å². The highest BCUT2D eigenvalue weighted by molar-refractivity contribution is 5.93. The molecular formula is C18H22N4O3. The third-order valence-corrected chi connectivity index (χ3v) is 4.15. The smallest absolute Gasteiger partial charge is 0.276 e. The largest absolute Gasteiger partial charge is 0.361 e. The third-order valence-electron chi connectivity index (χ3n) is 4.15. The number of nitrogens with zero attached hydrogens (tertiary/aromatic N) is 3. The molecule has 1 aliphatic heterocycles. The van der Waals surface area contributed by atoms with Gasteiger partial charge in [-0.25, -0.2) is 0 Å². The van der Waals surface area contributed by atoms with Crippen LogP contribution in [0, 0.1) is 6.92 Å². The maximum Gasteiger partial charge on any atom is 0.276 e. The number of aryl methyl sites for hydroxylation is 1. The molecule has 132 valence electrons. The molecule has 0 saturated carbocycles. The van der Waals surface area contributed by atoms with Crippen molar-refractivity contribution in [3.05, 3.63) is 47.9 Å². The van der Waals surface area contributed by atoms with Gasteiger partial charge in [-0.1, -0.05) is 23.4 Å². The maximum absolute atomic E-state index is 12.4. The fraction of sp³-hybridized carbons (Fsp3) is 0.389. The van der Waals surface area contributed by atoms with E-state index < -0.39 is 0 Å². The lowest BCUT2D eigenvalue weighted by Gasteiger charge is -2.21. The van der Waals surface area contributed by atoms with Crippen LogP contribution in [0.4, 0.5) is 5.69 Å². The van der Waals surface area contributed by atoms with Gasteiger partial charge in [0, 0.05) is 37.9 Å². The second-order valence-electron chi connectivity index (χ2n) is 6.16. The number of nitrogens with one attached hydrogen (secondary N) is 1. The standard InChI is InChI=1S/C18H22N4O3/c1-14-12-16(20-25-14)18(24)22-9-5-8-21(10-11-22)13-17(23)19-15-6-3-2-4-7-15/h2-4,6-7,12H,5,8-11,13H2,1H3,(H,19,23). The number of anilines is 1. The van der Waals surface area contributed by atoms with Crippen LogP contribution in [0.3, 0.4) is 0 Å². The number of amides is 2. The minimum Gasteiger partial charge on any atom is -0.361 e. The third kappa shape index (κ3) is 4.67. The summed E-state index contributed by atoms with van der Waals surface area (Å²) in [5.74, 6) is 0.461. The van der Waals surface area contributed by atoms with Gasteiger partial charge in [0.25, 0.3) is 5.91 Å². The molecule has 0 atom stereocenters. The predicted molar refractivity (Wildman–Crippen MR) is 93.3 cm³/mol. The lowest BCUT2D eigenvalue weighted by molar-refractivity contribution is -0.117. The van der Waals surface area contributed by atoms with Gasteiger partial charge >= 0.3 is 0 Å². The maximum atomic E-state index is 12.4. The highest BCUT2D eigenvalue weighted by Crippen LogP contribution is 2.10. The lowest BCUT2D eigenvalue weighted by Crippen LogP contribution is -2.38. The molecule has 25 heavy (non-hydrogen) atoms. The van der Waals surface area contributed by atoms with Crippen molar-refractivity contribution in [1.29, 1.82) is 0 Å². The van der Waals surface area contributed by atoms with Crippen LogP contribution >= 0.6 is 0 Å². The molecule has 1 saturated heterocycles. The zero-order chi connectivity index (χ0) is 17.6. The van der Waals surface area contributed by atoms with Crippen molar-refractivity contribution in [3.8, 4) is 0 Å². The quantitative estimate of drug-likeness (QED) is 0.916. The van der Waals surface area contributed by atoms with E-state index in [1.54, 1.807) is 17.9 Å². The average molecular weight is 342 g/mol. The number of rotatable bonds is 4. The normalized spacial score (nSPS) is 15.6. The molecule has 2 heterocycles. The van der Waals surface area contributed by atoms with Crippen molar-refractivity contribution >= 4 is 17.5 Å². The molecule has 2 amide bonds. The highest BCUT2D eigenvalue weighted by atomic mass is 16.5. The van der Waals surface area contributed by atoms with Crippen LogP contribution in [-0.2, 0) is 4.79 Å². The minimum atomic E-state index is -0.118. The van der Waals surface area contributed by atoms with Gasteiger partial charge < -0.3 is 14.7 Å². The fourth-order valence-corrected chi connectivity index (χ4v) is 2.89. The molecule has 1 N–H and O–H groups in total. The molecule has 0 radical (unpaired) electrons. The van der Waals surface area contributed by atoms with E-state index in [0.29, 0.717) is 37.6 Å². The molecule has 1 aromatic carbocycles. The highest BCUT2D eigenvalue weighted by Gasteiger charge is 2.23. The summed E-state index contributed by atoms with van der Waals surface area (Å²) in [6.07, 6.45) is 0.821. The summed E-state index contributed by atoms with van der Waals surface area (Å²) >= 11 is 0. The van der Waals surface area contributed by atoms with Gasteiger partial charge in [-0.15, -0.1) is 0 Å². The Kier molecular flexibility index (Phi) is 5.45. The van der Waals surface area contributed by atoms with Gasteiger partial charge in [0.05, 0.1) is 6.54 Å². The average Bonchev–Trinajstić information content (AvgIpc) is 2.90. The summed E-state index contributed by atoms with van der Waals surface area (Å²) in [7, 11) is 0. The Labute approximate surface area is 146 Å². The second kappa shape index (κ2) is 7.94. The van der Waals surface area contributed by atoms with E-state index in [9.17, 15) is 9.59 Å². The Balaban J connectivity index is 1.51. The number of hydrogen-bond acceptors (Lipinski definition) is 5. The minimum absolute atomic E-state index is 0.0434. The summed E-state index contributed by atoms with van der Waals surface area (Å²) in [4.78, 5) is 28.5. The topological polar surface area (TPSA) is 78.7 Å². The number of carbonyl (C=O) groups excluding carboxylic acids is 2. The van der Waals surface area contributed by atoms with Crippen molar-refractivity contribution < 1.29 is 14.1 Å². The van der Waals surface area contributed by atoms with Crippen molar-refractivity contribution in [2.24, 2.45) is 0 Å². The first-order valence-corrected chi connectivity index (χ1v) is 8.41. The number of aromatic nitrogens is 1. The summed E-state index contributed by atoms with van der Waals surface area (Å²) in [6, 6.07) is 11.1. The van der Waals surface area contributed by atoms with Crippen LogP contribution in [0.15, 0.2) is 40.9 Å². The summed E-state index contributed by atoms with van der Waals surface area (Å²) in [5, 5.41) is 6.68. The van der Waals surface area contributed by atoms with Crippen LogP contribution in [0.1, 0.15) is 22.7 Å². The fourth-order valence-electron chi connectivity index (χ4n) is 2.89. The molecule has 7 heteroatoms. The first-order valence-electron chi connectivity index (χ1n) is 8.41. The Morgan fingerprint density at radius 1 is 1.16 bits per heavy atom. The summed E-state index contributed by atoms with van der Waals surface area (Å²) in [5.41, 5.74) is 1.13. The molecule has 3 rings (SSSR count). The molecule has 0 aliphatic carbocycles. The van der Waals surface area contributed by atoms with Gasteiger partial charge in [-0.05, 0) is 25.5 Å². The summed E-state index contributed by atoms with van der Waals surface area (Å²) in [6.45, 7) is 4.75. The van der Waals surface area contributed by atoms with E-state index in [1.165, 1.54) is 0 Å². The van der Waals surface area contributed by atoms with E-state index in [4.69, 9.17) is 4.52 Å². The molecule has 7 nitrogen and oxygen atoms in total. The predicted octanol–water partition coefficient (Wildman–Crippen LogP) is 1.77. The van der Waals surface area contributed by atoms with E-state index in [-0.39, 0.29) is 11.8 Å². The zero-order valence-corrected chi connectivity index (χ0v) is 14.3. The Morgan fingerprint density at radius 3 is 2.68 bits per heavy atom. The van der Waals surface area contributed by atoms with Crippen molar-refractivity contribution in [3.63, 3.8) is 0 Å². The second-order valence-corrected chi connectivity index (χ2v) is 6.16. The number of carbonyl (C=O) groups is 2. The van der Waals surface area contributed by atoms with Crippen LogP contribution in [-0.4, -0.2) is 59.5 Å². The Morgan fingerprint density at radius 2 is 1.96 bits per heavy atom. The van der Waals surface area contributed by atoms with Crippen LogP contribution in [0.5, 0.6) is 0 Å². The van der Waals surface area contributed by atoms with Gasteiger partial charge in [0.2, 0.25) is 5.91 Å². The van der Waals surface area contributed by atoms with Crippen molar-refractivity contribution in [1.82, 2.24) is 15.0 Å². The molecule has 1 fully saturated rings. The lowest BCUT2D eigenvalue weighted by atomic mass is 10.3. The van der Waals surface area contributed by atoms with Gasteiger partial charge in [-0.2, -0.15) is 0 Å². The molecule has 2 aromatic rings. The van der Waals surface area contributed by atoms with Crippen molar-refractivity contribution in [2.75, 3.05) is 38.0 Å². The van der Waals surface area contributed by atoms with Gasteiger partial charge in [0.15, 0.2) is 5.69 Å². The number of benzene rings is 1. The molecule has 0 bridgehead atoms.